The second-order valence-electron chi connectivity index (χ2n) is 8.79. The SMILES string of the molecule is COc1ccc(C=NNC(=O)CSc2nc3ccccc3c(=O)n2-c2ccc(Br)cc2)cc1OCc1ccccc1. The largest absolute Gasteiger partial charge is 0.493 e. The molecule has 0 fully saturated rings. The number of carbonyl (C=O) groups excluding carboxylic acids is 1. The third-order valence-corrected chi connectivity index (χ3v) is 7.46. The lowest BCUT2D eigenvalue weighted by Gasteiger charge is -2.13. The van der Waals surface area contributed by atoms with E-state index in [2.05, 4.69) is 31.4 Å². The van der Waals surface area contributed by atoms with Crippen LogP contribution in [0.25, 0.3) is 16.6 Å². The van der Waals surface area contributed by atoms with Crippen LogP contribution in [0.15, 0.2) is 117 Å². The molecule has 0 aliphatic rings. The summed E-state index contributed by atoms with van der Waals surface area (Å²) in [6.45, 7) is 0.389. The first-order valence-corrected chi connectivity index (χ1v) is 14.4. The van der Waals surface area contributed by atoms with Crippen LogP contribution in [0.2, 0.25) is 0 Å². The molecule has 0 saturated heterocycles. The van der Waals surface area contributed by atoms with Gasteiger partial charge in [0.25, 0.3) is 11.5 Å². The van der Waals surface area contributed by atoms with Crippen LogP contribution < -0.4 is 20.5 Å². The number of nitrogens with one attached hydrogen (secondary N) is 1. The fourth-order valence-electron chi connectivity index (χ4n) is 3.99. The van der Waals surface area contributed by atoms with Gasteiger partial charge in [0.05, 0.1) is 35.7 Å². The van der Waals surface area contributed by atoms with Gasteiger partial charge in [0.1, 0.15) is 6.61 Å². The predicted octanol–water partition coefficient (Wildman–Crippen LogP) is 5.98. The number of amides is 1. The topological polar surface area (TPSA) is 94.8 Å². The van der Waals surface area contributed by atoms with Crippen molar-refractivity contribution in [1.29, 1.82) is 0 Å². The van der Waals surface area contributed by atoms with E-state index in [0.29, 0.717) is 39.9 Å². The van der Waals surface area contributed by atoms with E-state index in [-0.39, 0.29) is 17.2 Å². The van der Waals surface area contributed by atoms with E-state index >= 15 is 0 Å². The number of aromatic nitrogens is 2. The molecule has 5 aromatic rings. The molecule has 0 unspecified atom stereocenters. The average molecular weight is 630 g/mol. The van der Waals surface area contributed by atoms with Crippen LogP contribution in [0, 0.1) is 0 Å². The number of nitrogens with zero attached hydrogens (tertiary/aromatic N) is 3. The van der Waals surface area contributed by atoms with Crippen molar-refractivity contribution < 1.29 is 14.3 Å². The standard InChI is InChI=1S/C31H25BrN4O4S/c1-39-27-16-11-22(17-28(27)40-19-21-7-3-2-4-8-21)18-33-35-29(37)20-41-31-34-26-10-6-5-9-25(26)30(38)36(31)24-14-12-23(32)13-15-24/h2-18H,19-20H2,1H3,(H,35,37). The Morgan fingerprint density at radius 3 is 2.54 bits per heavy atom. The number of hydrogen-bond donors (Lipinski definition) is 1. The minimum absolute atomic E-state index is 0.00664. The molecule has 1 heterocycles. The Hall–Kier alpha value is -4.41. The Bertz CT molecular complexity index is 1760. The number of fused-ring (bicyclic) bond motifs is 1. The monoisotopic (exact) mass is 628 g/mol. The molecule has 1 amide bonds. The maximum absolute atomic E-state index is 13.4. The van der Waals surface area contributed by atoms with Crippen LogP contribution in [-0.2, 0) is 11.4 Å². The quantitative estimate of drug-likeness (QED) is 0.0885. The number of rotatable bonds is 10. The Morgan fingerprint density at radius 2 is 1.76 bits per heavy atom. The minimum Gasteiger partial charge on any atom is -0.493 e. The Kier molecular flexibility index (Phi) is 9.12. The second-order valence-corrected chi connectivity index (χ2v) is 10.7. The molecular weight excluding hydrogens is 604 g/mol. The highest BCUT2D eigenvalue weighted by Crippen LogP contribution is 2.28. The van der Waals surface area contributed by atoms with Crippen LogP contribution in [0.1, 0.15) is 11.1 Å². The zero-order valence-corrected chi connectivity index (χ0v) is 24.4. The first kappa shape index (κ1) is 28.1. The van der Waals surface area contributed by atoms with Crippen molar-refractivity contribution in [3.8, 4) is 17.2 Å². The molecule has 206 valence electrons. The van der Waals surface area contributed by atoms with Gasteiger partial charge in [-0.15, -0.1) is 0 Å². The first-order chi connectivity index (χ1) is 20.0. The number of halogens is 1. The molecule has 0 spiro atoms. The second kappa shape index (κ2) is 13.3. The van der Waals surface area contributed by atoms with Gasteiger partial charge in [-0.05, 0) is 65.7 Å². The number of hydrazone groups is 1. The molecular formula is C31H25BrN4O4S. The van der Waals surface area contributed by atoms with E-state index in [4.69, 9.17) is 9.47 Å². The van der Waals surface area contributed by atoms with Crippen molar-refractivity contribution in [3.63, 3.8) is 0 Å². The fourth-order valence-corrected chi connectivity index (χ4v) is 5.06. The third-order valence-electron chi connectivity index (χ3n) is 5.99. The van der Waals surface area contributed by atoms with E-state index < -0.39 is 0 Å². The molecule has 0 bridgehead atoms. The summed E-state index contributed by atoms with van der Waals surface area (Å²) in [6.07, 6.45) is 1.53. The van der Waals surface area contributed by atoms with Crippen molar-refractivity contribution in [2.75, 3.05) is 12.9 Å². The van der Waals surface area contributed by atoms with E-state index in [0.717, 1.165) is 27.4 Å². The summed E-state index contributed by atoms with van der Waals surface area (Å²) >= 11 is 4.59. The Morgan fingerprint density at radius 1 is 1.00 bits per heavy atom. The number of carbonyl (C=O) groups is 1. The molecule has 10 heteroatoms. The van der Waals surface area contributed by atoms with Crippen molar-refractivity contribution >= 4 is 50.7 Å². The van der Waals surface area contributed by atoms with Crippen LogP contribution in [0.5, 0.6) is 11.5 Å². The van der Waals surface area contributed by atoms with Gasteiger partial charge in [0.2, 0.25) is 0 Å². The minimum atomic E-state index is -0.343. The number of thioether (sulfide) groups is 1. The Balaban J connectivity index is 1.27. The van der Waals surface area contributed by atoms with Crippen LogP contribution in [-0.4, -0.2) is 34.5 Å². The van der Waals surface area contributed by atoms with Crippen LogP contribution in [0.4, 0.5) is 0 Å². The van der Waals surface area contributed by atoms with Gasteiger partial charge in [-0.1, -0.05) is 70.2 Å². The number of hydrogen-bond acceptors (Lipinski definition) is 7. The van der Waals surface area contributed by atoms with Crippen LogP contribution >= 0.6 is 27.7 Å². The van der Waals surface area contributed by atoms with Gasteiger partial charge in [0, 0.05) is 4.47 Å². The average Bonchev–Trinajstić information content (AvgIpc) is 3.00. The summed E-state index contributed by atoms with van der Waals surface area (Å²) in [7, 11) is 1.58. The summed E-state index contributed by atoms with van der Waals surface area (Å²) in [6, 6.07) is 29.7. The predicted molar refractivity (Wildman–Crippen MR) is 165 cm³/mol. The van der Waals surface area contributed by atoms with Crippen molar-refractivity contribution in [3.05, 3.63) is 123 Å². The van der Waals surface area contributed by atoms with E-state index in [1.165, 1.54) is 10.8 Å². The van der Waals surface area contributed by atoms with Crippen molar-refractivity contribution in [1.82, 2.24) is 15.0 Å². The molecule has 4 aromatic carbocycles. The van der Waals surface area contributed by atoms with Gasteiger partial charge in [0.15, 0.2) is 16.7 Å². The maximum Gasteiger partial charge on any atom is 0.266 e. The molecule has 1 N–H and O–H groups in total. The maximum atomic E-state index is 13.4. The molecule has 1 aromatic heterocycles. The summed E-state index contributed by atoms with van der Waals surface area (Å²) in [4.78, 5) is 30.7. The summed E-state index contributed by atoms with van der Waals surface area (Å²) in [5.74, 6) is 0.825. The lowest BCUT2D eigenvalue weighted by molar-refractivity contribution is -0.118. The van der Waals surface area contributed by atoms with Crippen molar-refractivity contribution in [2.45, 2.75) is 11.8 Å². The molecule has 5 rings (SSSR count). The lowest BCUT2D eigenvalue weighted by atomic mass is 10.2. The molecule has 0 radical (unpaired) electrons. The third kappa shape index (κ3) is 7.03. The first-order valence-electron chi connectivity index (χ1n) is 12.6. The van der Waals surface area contributed by atoms with E-state index in [1.807, 2.05) is 66.7 Å². The summed E-state index contributed by atoms with van der Waals surface area (Å²) in [5.41, 5.74) is 5.31. The number of benzene rings is 4. The Labute approximate surface area is 249 Å². The smallest absolute Gasteiger partial charge is 0.266 e. The fraction of sp³-hybridized carbons (Fsp3) is 0.0968. The van der Waals surface area contributed by atoms with Gasteiger partial charge >= 0.3 is 0 Å². The van der Waals surface area contributed by atoms with E-state index in [9.17, 15) is 9.59 Å². The van der Waals surface area contributed by atoms with Crippen LogP contribution in [0.3, 0.4) is 0 Å². The van der Waals surface area contributed by atoms with E-state index in [1.54, 1.807) is 37.4 Å². The van der Waals surface area contributed by atoms with Gasteiger partial charge < -0.3 is 9.47 Å². The highest BCUT2D eigenvalue weighted by molar-refractivity contribution is 9.10. The number of para-hydroxylation sites is 1. The zero-order chi connectivity index (χ0) is 28.6. The highest BCUT2D eigenvalue weighted by Gasteiger charge is 2.15. The summed E-state index contributed by atoms with van der Waals surface area (Å²) in [5, 5.41) is 5.01. The molecule has 0 saturated carbocycles. The highest BCUT2D eigenvalue weighted by atomic mass is 79.9. The number of ether oxygens (including phenoxy) is 2. The zero-order valence-electron chi connectivity index (χ0n) is 22.0. The molecule has 41 heavy (non-hydrogen) atoms. The number of methoxy groups -OCH3 is 1. The lowest BCUT2D eigenvalue weighted by Crippen LogP contribution is -2.24. The summed E-state index contributed by atoms with van der Waals surface area (Å²) < 4.78 is 13.8. The van der Waals surface area contributed by atoms with Gasteiger partial charge in [-0.2, -0.15) is 5.10 Å². The molecule has 8 nitrogen and oxygen atoms in total. The molecule has 0 aliphatic carbocycles. The molecule has 0 atom stereocenters. The van der Waals surface area contributed by atoms with Gasteiger partial charge in [-0.3, -0.25) is 14.2 Å². The normalized spacial score (nSPS) is 11.1. The molecule has 0 aliphatic heterocycles. The van der Waals surface area contributed by atoms with Gasteiger partial charge in [-0.25, -0.2) is 10.4 Å². The van der Waals surface area contributed by atoms with Crippen molar-refractivity contribution in [2.24, 2.45) is 5.10 Å².